The second-order valence-corrected chi connectivity index (χ2v) is 7.02. The van der Waals surface area contributed by atoms with Crippen LogP contribution in [-0.4, -0.2) is 5.11 Å². The molecule has 0 aliphatic rings. The average Bonchev–Trinajstić information content (AvgIpc) is 2.63. The summed E-state index contributed by atoms with van der Waals surface area (Å²) in [5.74, 6) is 0. The number of halogens is 2. The van der Waals surface area contributed by atoms with Crippen LogP contribution in [-0.2, 0) is 12.0 Å². The van der Waals surface area contributed by atoms with Crippen molar-refractivity contribution in [3.05, 3.63) is 55.1 Å². The molecule has 0 saturated heterocycles. The SMILES string of the molecule is CC(O)(Cc1cc(Br)cs1)c1ccc(Br)cc1. The molecule has 4 heteroatoms. The molecule has 0 spiro atoms. The molecule has 0 radical (unpaired) electrons. The first-order chi connectivity index (χ1) is 7.97. The van der Waals surface area contributed by atoms with E-state index in [0.717, 1.165) is 14.5 Å². The van der Waals surface area contributed by atoms with E-state index in [1.165, 1.54) is 4.88 Å². The molecule has 1 nitrogen and oxygen atoms in total. The first-order valence-corrected chi connectivity index (χ1v) is 7.65. The number of benzene rings is 1. The minimum atomic E-state index is -0.828. The Hall–Kier alpha value is -0.160. The van der Waals surface area contributed by atoms with Gasteiger partial charge in [0.15, 0.2) is 0 Å². The van der Waals surface area contributed by atoms with Gasteiger partial charge in [0.25, 0.3) is 0 Å². The van der Waals surface area contributed by atoms with Crippen LogP contribution >= 0.6 is 43.2 Å². The van der Waals surface area contributed by atoms with Gasteiger partial charge in [-0.2, -0.15) is 0 Å². The number of rotatable bonds is 3. The van der Waals surface area contributed by atoms with Crippen LogP contribution in [0.25, 0.3) is 0 Å². The maximum atomic E-state index is 10.5. The first kappa shape index (κ1) is 13.3. The lowest BCUT2D eigenvalue weighted by molar-refractivity contribution is 0.0584. The second kappa shape index (κ2) is 5.22. The molecule has 0 amide bonds. The minimum absolute atomic E-state index is 0.630. The topological polar surface area (TPSA) is 20.2 Å². The van der Waals surface area contributed by atoms with Crippen LogP contribution in [0.3, 0.4) is 0 Å². The summed E-state index contributed by atoms with van der Waals surface area (Å²) in [5, 5.41) is 12.6. The second-order valence-electron chi connectivity index (χ2n) is 4.19. The van der Waals surface area contributed by atoms with Gasteiger partial charge in [-0.15, -0.1) is 11.3 Å². The predicted octanol–water partition coefficient (Wildman–Crippen LogP) is 4.72. The third-order valence-electron chi connectivity index (χ3n) is 2.61. The Morgan fingerprint density at radius 1 is 1.18 bits per heavy atom. The molecule has 17 heavy (non-hydrogen) atoms. The Labute approximate surface area is 122 Å². The van der Waals surface area contributed by atoms with Crippen LogP contribution in [0.1, 0.15) is 17.4 Å². The predicted molar refractivity (Wildman–Crippen MR) is 79.4 cm³/mol. The van der Waals surface area contributed by atoms with Crippen molar-refractivity contribution in [1.29, 1.82) is 0 Å². The first-order valence-electron chi connectivity index (χ1n) is 5.19. The van der Waals surface area contributed by atoms with Crippen LogP contribution in [0.4, 0.5) is 0 Å². The fourth-order valence-electron chi connectivity index (χ4n) is 1.70. The highest BCUT2D eigenvalue weighted by atomic mass is 79.9. The van der Waals surface area contributed by atoms with E-state index in [1.807, 2.05) is 36.6 Å². The summed E-state index contributed by atoms with van der Waals surface area (Å²) in [6.07, 6.45) is 0.630. The number of thiophene rings is 1. The summed E-state index contributed by atoms with van der Waals surface area (Å²) in [4.78, 5) is 1.17. The molecule has 1 N–H and O–H groups in total. The van der Waals surface area contributed by atoms with E-state index in [2.05, 4.69) is 37.9 Å². The average molecular weight is 376 g/mol. The van der Waals surface area contributed by atoms with Crippen molar-refractivity contribution >= 4 is 43.2 Å². The quantitative estimate of drug-likeness (QED) is 0.822. The molecule has 0 aliphatic heterocycles. The third kappa shape index (κ3) is 3.41. The standard InChI is InChI=1S/C13H12Br2OS/c1-13(16,7-12-6-11(15)8-17-12)9-2-4-10(14)5-3-9/h2-6,8,16H,7H2,1H3. The number of aliphatic hydroxyl groups is 1. The van der Waals surface area contributed by atoms with Crippen LogP contribution < -0.4 is 0 Å². The smallest absolute Gasteiger partial charge is 0.0916 e. The molecular weight excluding hydrogens is 364 g/mol. The van der Waals surface area contributed by atoms with Gasteiger partial charge in [-0.25, -0.2) is 0 Å². The van der Waals surface area contributed by atoms with Gasteiger partial charge in [-0.05, 0) is 46.6 Å². The van der Waals surface area contributed by atoms with E-state index in [9.17, 15) is 5.11 Å². The molecule has 1 aromatic carbocycles. The van der Waals surface area contributed by atoms with Crippen molar-refractivity contribution in [3.8, 4) is 0 Å². The van der Waals surface area contributed by atoms with Crippen LogP contribution in [0.15, 0.2) is 44.7 Å². The zero-order valence-electron chi connectivity index (χ0n) is 9.28. The normalized spacial score (nSPS) is 14.6. The third-order valence-corrected chi connectivity index (χ3v) is 4.83. The number of hydrogen-bond donors (Lipinski definition) is 1. The van der Waals surface area contributed by atoms with Gasteiger partial charge in [0.05, 0.1) is 5.60 Å². The zero-order chi connectivity index (χ0) is 12.5. The highest BCUT2D eigenvalue weighted by Gasteiger charge is 2.24. The Morgan fingerprint density at radius 3 is 2.35 bits per heavy atom. The van der Waals surface area contributed by atoms with Gasteiger partial charge in [0.1, 0.15) is 0 Å². The molecular formula is C13H12Br2OS. The van der Waals surface area contributed by atoms with E-state index in [-0.39, 0.29) is 0 Å². The zero-order valence-corrected chi connectivity index (χ0v) is 13.3. The van der Waals surface area contributed by atoms with Crippen molar-refractivity contribution in [3.63, 3.8) is 0 Å². The van der Waals surface area contributed by atoms with Gasteiger partial charge < -0.3 is 5.11 Å². The van der Waals surface area contributed by atoms with E-state index >= 15 is 0 Å². The monoisotopic (exact) mass is 374 g/mol. The lowest BCUT2D eigenvalue weighted by Crippen LogP contribution is -2.23. The van der Waals surface area contributed by atoms with Crippen molar-refractivity contribution < 1.29 is 5.11 Å². The molecule has 0 saturated carbocycles. The molecule has 0 bridgehead atoms. The van der Waals surface area contributed by atoms with Crippen molar-refractivity contribution in [2.75, 3.05) is 0 Å². The molecule has 2 aromatic rings. The Morgan fingerprint density at radius 2 is 1.82 bits per heavy atom. The van der Waals surface area contributed by atoms with Gasteiger partial charge in [-0.3, -0.25) is 0 Å². The summed E-state index contributed by atoms with van der Waals surface area (Å²) in [7, 11) is 0. The van der Waals surface area contributed by atoms with Crippen molar-refractivity contribution in [1.82, 2.24) is 0 Å². The van der Waals surface area contributed by atoms with Gasteiger partial charge in [0, 0.05) is 25.6 Å². The maximum Gasteiger partial charge on any atom is 0.0916 e. The summed E-state index contributed by atoms with van der Waals surface area (Å²) >= 11 is 8.48. The number of hydrogen-bond acceptors (Lipinski definition) is 2. The van der Waals surface area contributed by atoms with Crippen molar-refractivity contribution in [2.45, 2.75) is 18.9 Å². The van der Waals surface area contributed by atoms with E-state index in [4.69, 9.17) is 0 Å². The molecule has 0 fully saturated rings. The van der Waals surface area contributed by atoms with E-state index in [1.54, 1.807) is 11.3 Å². The minimum Gasteiger partial charge on any atom is -0.385 e. The van der Waals surface area contributed by atoms with Crippen molar-refractivity contribution in [2.24, 2.45) is 0 Å². The molecule has 2 rings (SSSR count). The molecule has 0 aliphatic carbocycles. The largest absolute Gasteiger partial charge is 0.385 e. The highest BCUT2D eigenvalue weighted by Crippen LogP contribution is 2.30. The summed E-state index contributed by atoms with van der Waals surface area (Å²) in [5.41, 5.74) is 0.107. The highest BCUT2D eigenvalue weighted by molar-refractivity contribution is 9.10. The Kier molecular flexibility index (Phi) is 4.08. The van der Waals surface area contributed by atoms with Crippen LogP contribution in [0.2, 0.25) is 0 Å². The fraction of sp³-hybridized carbons (Fsp3) is 0.231. The summed E-state index contributed by atoms with van der Waals surface area (Å²) < 4.78 is 2.10. The van der Waals surface area contributed by atoms with Gasteiger partial charge in [-0.1, -0.05) is 28.1 Å². The molecule has 1 unspecified atom stereocenters. The molecule has 90 valence electrons. The fourth-order valence-corrected chi connectivity index (χ4v) is 3.56. The maximum absolute atomic E-state index is 10.5. The Balaban J connectivity index is 2.21. The van der Waals surface area contributed by atoms with E-state index < -0.39 is 5.60 Å². The Bertz CT molecular complexity index is 502. The van der Waals surface area contributed by atoms with Crippen LogP contribution in [0.5, 0.6) is 0 Å². The van der Waals surface area contributed by atoms with Gasteiger partial charge >= 0.3 is 0 Å². The van der Waals surface area contributed by atoms with Gasteiger partial charge in [0.2, 0.25) is 0 Å². The molecule has 1 aromatic heterocycles. The molecule has 1 atom stereocenters. The summed E-state index contributed by atoms with van der Waals surface area (Å²) in [6.45, 7) is 1.85. The van der Waals surface area contributed by atoms with E-state index in [0.29, 0.717) is 6.42 Å². The lowest BCUT2D eigenvalue weighted by atomic mass is 9.92. The lowest BCUT2D eigenvalue weighted by Gasteiger charge is -2.23. The van der Waals surface area contributed by atoms with Crippen LogP contribution in [0, 0.1) is 0 Å². The molecule has 1 heterocycles. The summed E-state index contributed by atoms with van der Waals surface area (Å²) in [6, 6.07) is 9.86.